The van der Waals surface area contributed by atoms with E-state index in [1.54, 1.807) is 10.9 Å². The zero-order valence-electron chi connectivity index (χ0n) is 12.9. The van der Waals surface area contributed by atoms with Gasteiger partial charge in [0.25, 0.3) is 0 Å². The Morgan fingerprint density at radius 3 is 2.82 bits per heavy atom. The standard InChI is InChI=1S/C14H24N4O3S/c1-14(10-15)4-5-17(11-14)22(19,20)13-8-16-18(9-13)12-2-6-21-7-3-12/h8-9,12H,2-7,10-11,15H2,1H3. The van der Waals surface area contributed by atoms with Gasteiger partial charge in [-0.15, -0.1) is 0 Å². The van der Waals surface area contributed by atoms with Crippen LogP contribution in [0.3, 0.4) is 0 Å². The summed E-state index contributed by atoms with van der Waals surface area (Å²) in [5.41, 5.74) is 5.64. The Hall–Kier alpha value is -0.960. The molecule has 0 spiro atoms. The summed E-state index contributed by atoms with van der Waals surface area (Å²) in [6, 6.07) is 0.227. The van der Waals surface area contributed by atoms with Crippen LogP contribution in [0.2, 0.25) is 0 Å². The molecule has 0 amide bonds. The highest BCUT2D eigenvalue weighted by Crippen LogP contribution is 2.32. The second kappa shape index (κ2) is 5.92. The van der Waals surface area contributed by atoms with Crippen LogP contribution in [0.5, 0.6) is 0 Å². The van der Waals surface area contributed by atoms with Crippen LogP contribution in [0.4, 0.5) is 0 Å². The molecule has 2 N–H and O–H groups in total. The van der Waals surface area contributed by atoms with Crippen molar-refractivity contribution in [2.75, 3.05) is 32.8 Å². The highest BCUT2D eigenvalue weighted by Gasteiger charge is 2.39. The maximum atomic E-state index is 12.7. The minimum atomic E-state index is -3.47. The van der Waals surface area contributed by atoms with Gasteiger partial charge in [-0.3, -0.25) is 4.68 Å². The Balaban J connectivity index is 1.77. The van der Waals surface area contributed by atoms with Crippen LogP contribution in [0.15, 0.2) is 17.3 Å². The van der Waals surface area contributed by atoms with E-state index in [-0.39, 0.29) is 16.4 Å². The van der Waals surface area contributed by atoms with Gasteiger partial charge in [-0.05, 0) is 31.2 Å². The quantitative estimate of drug-likeness (QED) is 0.874. The van der Waals surface area contributed by atoms with Crippen LogP contribution in [0.1, 0.15) is 32.2 Å². The van der Waals surface area contributed by atoms with Crippen LogP contribution in [0, 0.1) is 5.41 Å². The third kappa shape index (κ3) is 2.92. The number of aromatic nitrogens is 2. The molecule has 0 saturated carbocycles. The van der Waals surface area contributed by atoms with E-state index < -0.39 is 10.0 Å². The maximum absolute atomic E-state index is 12.7. The van der Waals surface area contributed by atoms with E-state index in [1.165, 1.54) is 10.5 Å². The highest BCUT2D eigenvalue weighted by molar-refractivity contribution is 7.89. The van der Waals surface area contributed by atoms with E-state index in [1.807, 2.05) is 6.92 Å². The molecule has 2 aliphatic rings. The predicted octanol–water partition coefficient (Wildman–Crippen LogP) is 0.594. The molecule has 22 heavy (non-hydrogen) atoms. The lowest BCUT2D eigenvalue weighted by molar-refractivity contribution is 0.0662. The summed E-state index contributed by atoms with van der Waals surface area (Å²) in [6.45, 7) is 4.95. The zero-order chi connectivity index (χ0) is 15.8. The molecule has 0 aromatic carbocycles. The van der Waals surface area contributed by atoms with E-state index in [9.17, 15) is 8.42 Å². The molecule has 124 valence electrons. The second-order valence-corrected chi connectivity index (χ2v) is 8.54. The zero-order valence-corrected chi connectivity index (χ0v) is 13.8. The molecule has 0 radical (unpaired) electrons. The van der Waals surface area contributed by atoms with Gasteiger partial charge < -0.3 is 10.5 Å². The van der Waals surface area contributed by atoms with Gasteiger partial charge in [-0.1, -0.05) is 6.92 Å². The van der Waals surface area contributed by atoms with Crippen molar-refractivity contribution in [3.05, 3.63) is 12.4 Å². The van der Waals surface area contributed by atoms with Crippen molar-refractivity contribution < 1.29 is 13.2 Å². The summed E-state index contributed by atoms with van der Waals surface area (Å²) in [5.74, 6) is 0. The molecule has 0 bridgehead atoms. The van der Waals surface area contributed by atoms with Gasteiger partial charge in [0.15, 0.2) is 0 Å². The number of sulfonamides is 1. The lowest BCUT2D eigenvalue weighted by Gasteiger charge is -2.22. The van der Waals surface area contributed by atoms with Crippen LogP contribution in [-0.4, -0.2) is 55.4 Å². The Labute approximate surface area is 131 Å². The molecule has 1 unspecified atom stereocenters. The summed E-state index contributed by atoms with van der Waals surface area (Å²) in [7, 11) is -3.47. The van der Waals surface area contributed by atoms with E-state index in [0.29, 0.717) is 32.8 Å². The minimum Gasteiger partial charge on any atom is -0.381 e. The molecule has 8 heteroatoms. The summed E-state index contributed by atoms with van der Waals surface area (Å²) in [5, 5.41) is 4.26. The predicted molar refractivity (Wildman–Crippen MR) is 81.9 cm³/mol. The summed E-state index contributed by atoms with van der Waals surface area (Å²) < 4.78 is 34.1. The van der Waals surface area contributed by atoms with Crippen LogP contribution < -0.4 is 5.73 Å². The monoisotopic (exact) mass is 328 g/mol. The molecule has 2 saturated heterocycles. The van der Waals surface area contributed by atoms with Gasteiger partial charge in [-0.25, -0.2) is 8.42 Å². The lowest BCUT2D eigenvalue weighted by Crippen LogP contribution is -2.34. The van der Waals surface area contributed by atoms with Gasteiger partial charge >= 0.3 is 0 Å². The highest BCUT2D eigenvalue weighted by atomic mass is 32.2. The first-order chi connectivity index (χ1) is 10.4. The smallest absolute Gasteiger partial charge is 0.246 e. The maximum Gasteiger partial charge on any atom is 0.246 e. The molecule has 2 fully saturated rings. The molecule has 2 aliphatic heterocycles. The van der Waals surface area contributed by atoms with Gasteiger partial charge in [0, 0.05) is 32.5 Å². The molecule has 1 aromatic heterocycles. The normalized spacial score (nSPS) is 28.3. The largest absolute Gasteiger partial charge is 0.381 e. The molecule has 0 aliphatic carbocycles. The Morgan fingerprint density at radius 1 is 1.45 bits per heavy atom. The second-order valence-electron chi connectivity index (χ2n) is 6.60. The van der Waals surface area contributed by atoms with E-state index in [2.05, 4.69) is 5.10 Å². The molecular weight excluding hydrogens is 304 g/mol. The van der Waals surface area contributed by atoms with Crippen molar-refractivity contribution in [1.29, 1.82) is 0 Å². The lowest BCUT2D eigenvalue weighted by atomic mass is 9.90. The van der Waals surface area contributed by atoms with Crippen molar-refractivity contribution in [3.63, 3.8) is 0 Å². The van der Waals surface area contributed by atoms with Crippen LogP contribution in [0.25, 0.3) is 0 Å². The van der Waals surface area contributed by atoms with Gasteiger partial charge in [-0.2, -0.15) is 9.40 Å². The third-order valence-corrected chi connectivity index (χ3v) is 6.59. The van der Waals surface area contributed by atoms with Crippen LogP contribution in [-0.2, 0) is 14.8 Å². The van der Waals surface area contributed by atoms with E-state index >= 15 is 0 Å². The first-order valence-corrected chi connectivity index (χ1v) is 9.21. The van der Waals surface area contributed by atoms with E-state index in [0.717, 1.165) is 19.3 Å². The number of nitrogens with zero attached hydrogens (tertiary/aromatic N) is 3. The number of hydrogen-bond acceptors (Lipinski definition) is 5. The van der Waals surface area contributed by atoms with E-state index in [4.69, 9.17) is 10.5 Å². The SMILES string of the molecule is CC1(CN)CCN(S(=O)(=O)c2cnn(C3CCOCC3)c2)C1. The third-order valence-electron chi connectivity index (χ3n) is 4.80. The van der Waals surface area contributed by atoms with Crippen molar-refractivity contribution >= 4 is 10.0 Å². The number of ether oxygens (including phenoxy) is 1. The number of rotatable bonds is 4. The average Bonchev–Trinajstić information content (AvgIpc) is 3.16. The molecule has 1 aromatic rings. The first kappa shape index (κ1) is 15.9. The van der Waals surface area contributed by atoms with Gasteiger partial charge in [0.05, 0.1) is 12.2 Å². The Bertz CT molecular complexity index is 624. The topological polar surface area (TPSA) is 90.5 Å². The Morgan fingerprint density at radius 2 is 2.18 bits per heavy atom. The van der Waals surface area contributed by atoms with Crippen molar-refractivity contribution in [1.82, 2.24) is 14.1 Å². The van der Waals surface area contributed by atoms with Crippen LogP contribution >= 0.6 is 0 Å². The summed E-state index contributed by atoms with van der Waals surface area (Å²) >= 11 is 0. The first-order valence-electron chi connectivity index (χ1n) is 7.77. The number of hydrogen-bond donors (Lipinski definition) is 1. The van der Waals surface area contributed by atoms with Gasteiger partial charge in [0.1, 0.15) is 4.90 Å². The average molecular weight is 328 g/mol. The van der Waals surface area contributed by atoms with Gasteiger partial charge in [0.2, 0.25) is 10.0 Å². The number of nitrogens with two attached hydrogens (primary N) is 1. The fourth-order valence-electron chi connectivity index (χ4n) is 3.10. The van der Waals surface area contributed by atoms with Crippen molar-refractivity contribution in [2.45, 2.75) is 37.1 Å². The molecule has 3 rings (SSSR count). The summed E-state index contributed by atoms with van der Waals surface area (Å²) in [6.07, 6.45) is 5.66. The van der Waals surface area contributed by atoms with Crippen molar-refractivity contribution in [2.24, 2.45) is 11.1 Å². The van der Waals surface area contributed by atoms with Crippen molar-refractivity contribution in [3.8, 4) is 0 Å². The molecule has 3 heterocycles. The Kier molecular flexibility index (Phi) is 4.28. The molecule has 1 atom stereocenters. The minimum absolute atomic E-state index is 0.121. The fraction of sp³-hybridized carbons (Fsp3) is 0.786. The summed E-state index contributed by atoms with van der Waals surface area (Å²) in [4.78, 5) is 0.278. The molecule has 7 nitrogen and oxygen atoms in total. The molecular formula is C14H24N4O3S. The fourth-order valence-corrected chi connectivity index (χ4v) is 4.64.